The van der Waals surface area contributed by atoms with Crippen molar-refractivity contribution in [2.75, 3.05) is 144 Å². The minimum atomic E-state index is -4.48. The number of carbonyl (C=O) groups excluding carboxylic acids is 3. The Hall–Kier alpha value is -8.34. The molecule has 8 aromatic rings. The summed E-state index contributed by atoms with van der Waals surface area (Å²) in [6.07, 6.45) is -3.30. The number of rotatable bonds is 36. The number of nitrogens with two attached hydrogens (primary N) is 6. The summed E-state index contributed by atoms with van der Waals surface area (Å²) in [4.78, 5) is 101. The van der Waals surface area contributed by atoms with Crippen LogP contribution in [-0.4, -0.2) is 278 Å². The molecular weight excluding hydrogens is 2040 g/mol. The fourth-order valence-electron chi connectivity index (χ4n) is 10.6. The van der Waals surface area contributed by atoms with E-state index < -0.39 is 130 Å². The lowest BCUT2D eigenvalue weighted by Gasteiger charge is -2.30. The van der Waals surface area contributed by atoms with Gasteiger partial charge in [0.2, 0.25) is 31.2 Å². The van der Waals surface area contributed by atoms with Crippen LogP contribution in [0.15, 0.2) is 25.3 Å². The molecule has 0 aliphatic heterocycles. The molecule has 0 saturated heterocycles. The van der Waals surface area contributed by atoms with Gasteiger partial charge in [0.1, 0.15) is 95.3 Å². The topological polar surface area (TPSA) is 639 Å². The number of imidazole rings is 4. The van der Waals surface area contributed by atoms with Gasteiger partial charge in [-0.3, -0.25) is 23.5 Å². The first kappa shape index (κ1) is 124. The highest BCUT2D eigenvalue weighted by Gasteiger charge is 2.37. The highest BCUT2D eigenvalue weighted by molar-refractivity contribution is 9.26. The van der Waals surface area contributed by atoms with E-state index in [1.807, 2.05) is 0 Å². The largest absolute Gasteiger partial charge is 0.461 e. The Morgan fingerprint density at radius 1 is 0.507 bits per heavy atom. The van der Waals surface area contributed by atoms with Crippen molar-refractivity contribution in [3.05, 3.63) is 30.5 Å². The number of nitrogen functional groups attached to an aromatic ring is 4. The molecule has 8 heterocycles. The first-order chi connectivity index (χ1) is 62.0. The fraction of sp³-hybridized carbons (Fsp3) is 0.667. The quantitative estimate of drug-likeness (QED) is 0.00253. The summed E-state index contributed by atoms with van der Waals surface area (Å²) in [5, 5.41) is 19.5. The van der Waals surface area contributed by atoms with Gasteiger partial charge in [-0.15, -0.1) is 27.7 Å². The van der Waals surface area contributed by atoms with Crippen LogP contribution in [0.3, 0.4) is 0 Å². The molecule has 0 unspecified atom stereocenters. The summed E-state index contributed by atoms with van der Waals surface area (Å²) in [5.74, 6) is -2.37. The molecule has 8 aromatic heterocycles. The average molecular weight is 2160 g/mol. The molecule has 3 aliphatic carbocycles. The van der Waals surface area contributed by atoms with Crippen LogP contribution in [0.25, 0.3) is 44.7 Å². The summed E-state index contributed by atoms with van der Waals surface area (Å²) in [6.45, 7) is 15.2. The average Bonchev–Trinajstić information content (AvgIpc) is 1.66. The first-order valence-corrected chi connectivity index (χ1v) is 56.1. The lowest BCUT2D eigenvalue weighted by atomic mass is 9.96. The maximum absolute atomic E-state index is 13.9. The molecular formula is C72H119BrCl2F12N28O16P4Si. The third-order valence-electron chi connectivity index (χ3n) is 16.9. The van der Waals surface area contributed by atoms with E-state index >= 15 is 0 Å². The van der Waals surface area contributed by atoms with Crippen LogP contribution in [0.2, 0.25) is 24.8 Å². The molecule has 3 atom stereocenters. The number of aromatic nitrogens is 16. The lowest BCUT2D eigenvalue weighted by Crippen LogP contribution is -2.44. The second kappa shape index (κ2) is 56.8. The van der Waals surface area contributed by atoms with Gasteiger partial charge in [0.15, 0.2) is 61.7 Å². The van der Waals surface area contributed by atoms with Crippen molar-refractivity contribution < 1.29 is 128 Å². The second-order valence-corrected chi connectivity index (χ2v) is 53.9. The number of alkyl halides is 12. The van der Waals surface area contributed by atoms with E-state index in [4.69, 9.17) is 88.5 Å². The summed E-state index contributed by atoms with van der Waals surface area (Å²) in [7, 11) is -12.4. The maximum atomic E-state index is 13.9. The molecule has 0 spiro atoms. The molecule has 772 valence electrons. The second-order valence-electron chi connectivity index (χ2n) is 31.6. The summed E-state index contributed by atoms with van der Waals surface area (Å²) < 4.78 is 235. The molecule has 3 aliphatic rings. The van der Waals surface area contributed by atoms with E-state index in [1.54, 1.807) is 55.1 Å². The minimum absolute atomic E-state index is 0. The van der Waals surface area contributed by atoms with Gasteiger partial charge in [0, 0.05) is 33.1 Å². The van der Waals surface area contributed by atoms with E-state index in [2.05, 4.69) is 127 Å². The Morgan fingerprint density at radius 3 is 1.02 bits per heavy atom. The van der Waals surface area contributed by atoms with Crippen LogP contribution in [0, 0.1) is 11.3 Å². The van der Waals surface area contributed by atoms with E-state index in [1.165, 1.54) is 61.7 Å². The molecule has 0 amide bonds. The van der Waals surface area contributed by atoms with Gasteiger partial charge in [-0.1, -0.05) is 38.7 Å². The zero-order chi connectivity index (χ0) is 101. The first-order valence-electron chi connectivity index (χ1n) is 40.7. The number of hydrogen-bond acceptors (Lipinski definition) is 36. The number of nitrogens with zero attached hydrogens (tertiary/aromatic N) is 17. The third-order valence-corrected chi connectivity index (χ3v) is 21.4. The number of anilines is 7. The third kappa shape index (κ3) is 50.0. The Kier molecular flexibility index (Phi) is 51.7. The molecule has 136 heavy (non-hydrogen) atoms. The van der Waals surface area contributed by atoms with Gasteiger partial charge in [0.25, 0.3) is 0 Å². The minimum Gasteiger partial charge on any atom is -0.461 e. The summed E-state index contributed by atoms with van der Waals surface area (Å²) in [6, 6.07) is -0.639. The van der Waals surface area contributed by atoms with Crippen LogP contribution >= 0.6 is 68.6 Å². The molecule has 0 radical (unpaired) electrons. The highest BCUT2D eigenvalue weighted by atomic mass is 79.9. The van der Waals surface area contributed by atoms with Crippen molar-refractivity contribution in [2.24, 2.45) is 11.5 Å². The number of halogens is 15. The van der Waals surface area contributed by atoms with Crippen LogP contribution in [0.5, 0.6) is 0 Å². The molecule has 64 heteroatoms. The van der Waals surface area contributed by atoms with Gasteiger partial charge < -0.3 is 121 Å². The Morgan fingerprint density at radius 2 is 0.765 bits per heavy atom. The molecule has 0 aromatic carbocycles. The highest BCUT2D eigenvalue weighted by Crippen LogP contribution is 2.40. The zero-order valence-corrected chi connectivity index (χ0v) is 83.1. The SMILES string of the molecule is C.CC#N.CP(C)(=O)COCCn1cnc2c(Cl)nc(N)nc21.CP(C)(=O)COCCn1cnc2c(NCC(F)(F)F)nc(N)nc21.C[C@H](N)C(=O)OC1CCCC1.C[C@H](NP(=O)(COCCn1cnc2c(NCC(F)(F)F)nc(N)nc21)N[C@@H](C)C(=O)OC1CCC1)C(=O)OC1CCC1.C[Si](C)(C)Br.Cl.NCC(F)(F)F.Nc1nc(NCC(F)(F)F)c2ncn(CCOCP(=O)(O)O)c2n1. The maximum Gasteiger partial charge on any atom is 0.405 e. The van der Waals surface area contributed by atoms with Crippen LogP contribution in [0.4, 0.5) is 93.9 Å². The van der Waals surface area contributed by atoms with Crippen molar-refractivity contribution in [2.45, 2.75) is 206 Å². The van der Waals surface area contributed by atoms with Crippen molar-refractivity contribution in [1.29, 1.82) is 5.26 Å². The van der Waals surface area contributed by atoms with Crippen LogP contribution in [-0.2, 0) is 92.0 Å². The van der Waals surface area contributed by atoms with Gasteiger partial charge in [-0.25, -0.2) is 30.1 Å². The molecule has 19 N–H and O–H groups in total. The van der Waals surface area contributed by atoms with E-state index in [9.17, 15) is 85.3 Å². The normalized spacial score (nSPS) is 14.4. The van der Waals surface area contributed by atoms with Gasteiger partial charge in [-0.2, -0.15) is 97.8 Å². The number of ether oxygens (including phenoxy) is 7. The van der Waals surface area contributed by atoms with Crippen LogP contribution < -0.4 is 60.5 Å². The molecule has 0 bridgehead atoms. The van der Waals surface area contributed by atoms with Crippen molar-refractivity contribution in [1.82, 2.24) is 88.3 Å². The van der Waals surface area contributed by atoms with Crippen molar-refractivity contribution in [3.8, 4) is 6.07 Å². The van der Waals surface area contributed by atoms with Gasteiger partial charge in [0.05, 0.1) is 77.0 Å². The monoisotopic (exact) mass is 2160 g/mol. The zero-order valence-electron chi connectivity index (χ0n) is 75.3. The Bertz CT molecular complexity index is 5120. The van der Waals surface area contributed by atoms with E-state index in [0.29, 0.717) is 36.5 Å². The number of carbonyl (C=O) groups is 3. The fourth-order valence-corrected chi connectivity index (χ4v) is 14.4. The van der Waals surface area contributed by atoms with Gasteiger partial charge in [-0.05, 0) is 112 Å². The van der Waals surface area contributed by atoms with Crippen LogP contribution in [0.1, 0.15) is 99.3 Å². The number of hydrogen-bond donors (Lipinski definition) is 13. The van der Waals surface area contributed by atoms with Crippen molar-refractivity contribution in [3.63, 3.8) is 0 Å². The number of esters is 3. The summed E-state index contributed by atoms with van der Waals surface area (Å²) in [5.41, 5.74) is 33.9. The molecule has 44 nitrogen and oxygen atoms in total. The number of nitrogens with one attached hydrogen (secondary N) is 5. The van der Waals surface area contributed by atoms with E-state index in [-0.39, 0.29) is 164 Å². The predicted molar refractivity (Wildman–Crippen MR) is 497 cm³/mol. The molecule has 3 saturated carbocycles. The Labute approximate surface area is 794 Å². The van der Waals surface area contributed by atoms with E-state index in [0.717, 1.165) is 51.4 Å². The number of nitriles is 1. The lowest BCUT2D eigenvalue weighted by molar-refractivity contribution is -0.155. The standard InChI is InChI=1S/C24H36F3N8O6P.C12H18F3N6O2P.C10H15ClN5O2P.C10H14F3N6O4P.C8H15NO2.C3H9BrSi.C2H4F3N.C2H3N.CH4.ClH/c1-14(21(36)40-16-5-3-6-16)33-42(38,34-15(2)22(37)41-17-7-4-8-17)13-39-10-9-35-12-30-18-19(29-11-24(25,26)27)31-23(28)32-20(18)35;1-24(2,22)7-23-4-3-21-6-18-8-9(17-5-12(13,14)15)19-11(16)20-10(8)21;1-19(2,17)6-18-4-3-16-5-13-7-8(11)14-10(12)15-9(7)16;11-10(12,13)3-15-7-6-8(18-9(14)17-7)19(4-16-6)1-2-23-5-24(20,21)22;1-6(9)8(10)11-7-4-2-3-5-7;1-5(2,3)4;3-2(4,5)1-6;1-2-3;;/h12,14-17H,3-11,13H2,1-2H3,(H2,33,34,38)(H3,28,29,31,32);6H,3-5,7H2,1-2H3,(H3,16,17,19,20);5H,3-4,6H2,1-2H3,(H2,12,14,15);4H,1-3,5H2,(H2,20,21,22)(H3,14,15,17,18);6-7H,2-5,9H2,1H3;1-3H3;1,6H2;1H3;1H4;1H/t14-,15-;;;;6-;;;;;/m0...0...../s1. The smallest absolute Gasteiger partial charge is 0.405 e. The van der Waals surface area contributed by atoms with Crippen molar-refractivity contribution >= 4 is 179 Å². The Balaban J connectivity index is 0.000000579. The predicted octanol–water partition coefficient (Wildman–Crippen LogP) is 12.0. The molecule has 11 rings (SSSR count). The number of fused-ring (bicyclic) bond motifs is 4. The molecule has 3 fully saturated rings. The van der Waals surface area contributed by atoms with Gasteiger partial charge >= 0.3 is 50.2 Å². The summed E-state index contributed by atoms with van der Waals surface area (Å²) >= 11 is 9.44.